The molecular formula is C55H70Br6CrMgO5. The number of unbranched alkanes of at least 4 members (excludes halogenated alkanes) is 1. The normalized spacial score (nSPS) is 13.4. The molecule has 0 saturated heterocycles. The predicted octanol–water partition coefficient (Wildman–Crippen LogP) is 14.8. The number of hydrogen-bond acceptors (Lipinski definition) is 5. The number of carbonyl (C=O) groups is 1. The van der Waals surface area contributed by atoms with E-state index in [0.717, 1.165) is 46.6 Å². The summed E-state index contributed by atoms with van der Waals surface area (Å²) < 4.78 is 31.3. The standard InChI is InChI=1S/C12H13BrO.C12H17BrO.C12H15Br.C10H13Br.C8H9Br.CH3.BrH.Cr.Mg.3O/c1-12(2)6-5-11(14)9-7-8(13)3-4-10(9)12;1-12(2,14)8-4-6-10-5-3-7-11(13)9-10;1-12(2)7-3-4-9-8-10(13)5-6-11(9)12;1-2-3-5-9-6-4-7-10(11)8-9;1-2-7-4-3-5-8(9)6-7;;;;;;;/h3-4,7H,5-6H2,1-2H3;3,5,7,9,14H,4,6,8H2,1-2H3;5-6,8H,3-4,7H2,1-2H3;4,6-8H,2-3,5H2,1H3;3-6H,2H2,1H3;1H3;1H;;;;;/q;;;;;-1;;;+2;;;/p-1. The van der Waals surface area contributed by atoms with Gasteiger partial charge in [0.05, 0.1) is 5.60 Å². The van der Waals surface area contributed by atoms with Crippen molar-refractivity contribution in [2.45, 2.75) is 149 Å². The molecular weight excluding hydrogens is 1300 g/mol. The zero-order valence-electron chi connectivity index (χ0n) is 41.3. The van der Waals surface area contributed by atoms with E-state index in [1.54, 1.807) is 5.56 Å². The van der Waals surface area contributed by atoms with E-state index in [-0.39, 0.29) is 58.7 Å². The van der Waals surface area contributed by atoms with Crippen molar-refractivity contribution in [2.24, 2.45) is 0 Å². The molecule has 68 heavy (non-hydrogen) atoms. The molecule has 0 saturated carbocycles. The van der Waals surface area contributed by atoms with Crippen LogP contribution in [0, 0.1) is 7.43 Å². The zero-order chi connectivity index (χ0) is 48.8. The minimum atomic E-state index is -3.79. The molecule has 0 fully saturated rings. The molecule has 0 bridgehead atoms. The van der Waals surface area contributed by atoms with Crippen LogP contribution in [0.3, 0.4) is 0 Å². The van der Waals surface area contributed by atoms with Gasteiger partial charge in [-0.25, -0.2) is 0 Å². The Morgan fingerprint density at radius 3 is 1.49 bits per heavy atom. The van der Waals surface area contributed by atoms with Gasteiger partial charge in [0, 0.05) is 34.3 Å². The van der Waals surface area contributed by atoms with Gasteiger partial charge in [0.15, 0.2) is 5.78 Å². The molecule has 2 aliphatic rings. The number of hydrogen-bond donors (Lipinski definition) is 1. The quantitative estimate of drug-likeness (QED) is 0.124. The van der Waals surface area contributed by atoms with Gasteiger partial charge in [-0.2, -0.15) is 0 Å². The second-order valence-electron chi connectivity index (χ2n) is 18.3. The van der Waals surface area contributed by atoms with E-state index < -0.39 is 19.6 Å². The molecule has 13 heteroatoms. The number of aryl methyl sites for hydroxylation is 4. The first kappa shape index (κ1) is 69.4. The Labute approximate surface area is 482 Å². The first-order valence-electron chi connectivity index (χ1n) is 22.3. The molecule has 0 radical (unpaired) electrons. The molecule has 5 nitrogen and oxygen atoms in total. The number of Topliss-reactive ketones (excluding diaryl/α,β-unsaturated/α-hetero) is 1. The third kappa shape index (κ3) is 28.5. The van der Waals surface area contributed by atoms with Crippen LogP contribution in [0.1, 0.15) is 150 Å². The summed E-state index contributed by atoms with van der Waals surface area (Å²) in [6, 6.07) is 37.9. The fourth-order valence-corrected chi connectivity index (χ4v) is 9.67. The van der Waals surface area contributed by atoms with Crippen molar-refractivity contribution in [3.8, 4) is 0 Å². The van der Waals surface area contributed by atoms with Crippen LogP contribution in [0.25, 0.3) is 0 Å². The number of benzene rings is 5. The fraction of sp³-hybridized carbons (Fsp3) is 0.418. The summed E-state index contributed by atoms with van der Waals surface area (Å²) in [5.74, 6) is 0.278. The summed E-state index contributed by atoms with van der Waals surface area (Å²) in [7, 11) is 0. The summed E-state index contributed by atoms with van der Waals surface area (Å²) in [6.45, 7) is 17.2. The average molecular weight is 1370 g/mol. The zero-order valence-corrected chi connectivity index (χ0v) is 53.5. The molecule has 0 atom stereocenters. The van der Waals surface area contributed by atoms with Crippen LogP contribution in [-0.2, 0) is 61.9 Å². The van der Waals surface area contributed by atoms with Crippen molar-refractivity contribution < 1.29 is 52.2 Å². The second kappa shape index (κ2) is 35.5. The maximum absolute atomic E-state index is 11.7. The van der Waals surface area contributed by atoms with Gasteiger partial charge in [0.2, 0.25) is 0 Å². The fourth-order valence-electron chi connectivity index (χ4n) is 7.57. The van der Waals surface area contributed by atoms with Crippen LogP contribution < -0.4 is 17.0 Å². The van der Waals surface area contributed by atoms with E-state index >= 15 is 0 Å². The first-order chi connectivity index (χ1) is 30.5. The van der Waals surface area contributed by atoms with Gasteiger partial charge < -0.3 is 29.5 Å². The van der Waals surface area contributed by atoms with E-state index in [1.807, 2.05) is 44.2 Å². The number of carbonyl (C=O) groups excluding carboxylic acids is 1. The van der Waals surface area contributed by atoms with Crippen LogP contribution >= 0.6 is 79.6 Å². The van der Waals surface area contributed by atoms with Crippen LogP contribution in [0.2, 0.25) is 0 Å². The predicted molar refractivity (Wildman–Crippen MR) is 295 cm³/mol. The maximum atomic E-state index is 11.7. The summed E-state index contributed by atoms with van der Waals surface area (Å²) >= 11 is 13.4. The molecule has 0 heterocycles. The Hall–Kier alpha value is -0.691. The van der Waals surface area contributed by atoms with E-state index in [2.05, 4.69) is 200 Å². The molecule has 5 aromatic rings. The molecule has 7 rings (SSSR count). The van der Waals surface area contributed by atoms with Gasteiger partial charge in [0.25, 0.3) is 0 Å². The number of fused-ring (bicyclic) bond motifs is 2. The minimum absolute atomic E-state index is 0. The van der Waals surface area contributed by atoms with Crippen molar-refractivity contribution in [1.82, 2.24) is 0 Å². The van der Waals surface area contributed by atoms with Gasteiger partial charge >= 0.3 is 48.4 Å². The number of rotatable bonds is 8. The topological polar surface area (TPSA) is 88.5 Å². The van der Waals surface area contributed by atoms with Crippen molar-refractivity contribution in [3.63, 3.8) is 0 Å². The molecule has 2 aliphatic carbocycles. The van der Waals surface area contributed by atoms with Crippen molar-refractivity contribution in [2.75, 3.05) is 0 Å². The van der Waals surface area contributed by atoms with E-state index in [9.17, 15) is 9.90 Å². The van der Waals surface area contributed by atoms with Crippen LogP contribution in [-0.4, -0.2) is 39.5 Å². The van der Waals surface area contributed by atoms with E-state index in [0.29, 0.717) is 11.8 Å². The third-order valence-electron chi connectivity index (χ3n) is 11.2. The van der Waals surface area contributed by atoms with Crippen LogP contribution in [0.5, 0.6) is 0 Å². The number of halogens is 6. The number of aliphatic hydroxyl groups is 1. The SMILES string of the molecule is CC(C)(O)CCCc1cccc(Br)c1.CC1(C)CCC(=O)c2cc(Br)ccc21.CC1(C)CCCc2cc(Br)ccc21.CCCCc1cccc(Br)c1.CCc1cccc(Br)c1.[Br-].[CH3-].[Mg+2].[O]=[Cr](=[O])=[O]. The summed E-state index contributed by atoms with van der Waals surface area (Å²) in [5, 5.41) is 9.54. The third-order valence-corrected chi connectivity index (χ3v) is 13.6. The number of ketones is 1. The van der Waals surface area contributed by atoms with Crippen molar-refractivity contribution in [3.05, 3.63) is 178 Å². The Morgan fingerprint density at radius 1 is 0.603 bits per heavy atom. The van der Waals surface area contributed by atoms with Crippen molar-refractivity contribution in [1.29, 1.82) is 0 Å². The van der Waals surface area contributed by atoms with Crippen LogP contribution in [0.4, 0.5) is 0 Å². The average Bonchev–Trinajstić information content (AvgIpc) is 3.22. The van der Waals surface area contributed by atoms with Gasteiger partial charge in [-0.3, -0.25) is 4.79 Å². The van der Waals surface area contributed by atoms with Gasteiger partial charge in [-0.05, 0) is 183 Å². The molecule has 0 aromatic heterocycles. The molecule has 5 aromatic carbocycles. The summed E-state index contributed by atoms with van der Waals surface area (Å²) in [6.07, 6.45) is 13.3. The second-order valence-corrected chi connectivity index (χ2v) is 23.5. The van der Waals surface area contributed by atoms with Gasteiger partial charge in [-0.15, -0.1) is 0 Å². The molecule has 0 aliphatic heterocycles. The molecule has 370 valence electrons. The summed E-state index contributed by atoms with van der Waals surface area (Å²) in [5.41, 5.74) is 9.29. The molecule has 0 unspecified atom stereocenters. The van der Waals surface area contributed by atoms with Gasteiger partial charge in [-0.1, -0.05) is 176 Å². The Morgan fingerprint density at radius 2 is 1.03 bits per heavy atom. The van der Waals surface area contributed by atoms with Crippen molar-refractivity contribution >= 4 is 108 Å². The van der Waals surface area contributed by atoms with Gasteiger partial charge in [0.1, 0.15) is 0 Å². The van der Waals surface area contributed by atoms with E-state index in [1.165, 1.54) is 79.8 Å². The van der Waals surface area contributed by atoms with E-state index in [4.69, 9.17) is 11.4 Å². The van der Waals surface area contributed by atoms with Crippen LogP contribution in [0.15, 0.2) is 132 Å². The Kier molecular flexibility index (Phi) is 36.2. The monoisotopic (exact) mass is 1360 g/mol. The molecule has 0 amide bonds. The Balaban J connectivity index is 0. The molecule has 0 spiro atoms. The Bertz CT molecular complexity index is 2360. The molecule has 1 N–H and O–H groups in total. The first-order valence-corrected chi connectivity index (χ1v) is 27.8. The summed E-state index contributed by atoms with van der Waals surface area (Å²) in [4.78, 5) is 11.7.